The Hall–Kier alpha value is -1.33. The van der Waals surface area contributed by atoms with Gasteiger partial charge in [-0.1, -0.05) is 13.8 Å². The van der Waals surface area contributed by atoms with Crippen LogP contribution in [0.5, 0.6) is 5.75 Å². The topological polar surface area (TPSA) is 43.8 Å². The SMILES string of the molecule is CCC(C)c1ncc(N2CCC3(CC2)OCCO3)cc1OC. The van der Waals surface area contributed by atoms with Crippen LogP contribution in [0.1, 0.15) is 44.7 Å². The number of rotatable bonds is 4. The highest BCUT2D eigenvalue weighted by atomic mass is 16.7. The van der Waals surface area contributed by atoms with E-state index in [1.807, 2.05) is 6.20 Å². The van der Waals surface area contributed by atoms with Crippen LogP contribution in [0.15, 0.2) is 12.3 Å². The van der Waals surface area contributed by atoms with Crippen LogP contribution in [0.3, 0.4) is 0 Å². The summed E-state index contributed by atoms with van der Waals surface area (Å²) in [5.74, 6) is 0.972. The molecule has 5 heteroatoms. The van der Waals surface area contributed by atoms with Crippen LogP contribution in [0, 0.1) is 0 Å². The molecule has 0 aliphatic carbocycles. The lowest BCUT2D eigenvalue weighted by atomic mass is 10.0. The molecule has 0 bridgehead atoms. The summed E-state index contributed by atoms with van der Waals surface area (Å²) in [5.41, 5.74) is 2.17. The van der Waals surface area contributed by atoms with Crippen molar-refractivity contribution in [1.29, 1.82) is 0 Å². The number of hydrogen-bond acceptors (Lipinski definition) is 5. The van der Waals surface area contributed by atoms with Gasteiger partial charge >= 0.3 is 0 Å². The van der Waals surface area contributed by atoms with Crippen LogP contribution in [0.4, 0.5) is 5.69 Å². The first-order valence-corrected chi connectivity index (χ1v) is 8.24. The Balaban J connectivity index is 1.73. The average Bonchev–Trinajstić information content (AvgIpc) is 3.02. The summed E-state index contributed by atoms with van der Waals surface area (Å²) < 4.78 is 17.1. The van der Waals surface area contributed by atoms with E-state index in [-0.39, 0.29) is 5.79 Å². The van der Waals surface area contributed by atoms with Crippen molar-refractivity contribution in [3.8, 4) is 5.75 Å². The van der Waals surface area contributed by atoms with E-state index in [0.717, 1.165) is 62.7 Å². The van der Waals surface area contributed by atoms with E-state index >= 15 is 0 Å². The first-order valence-electron chi connectivity index (χ1n) is 8.24. The molecular formula is C17H26N2O3. The van der Waals surface area contributed by atoms with E-state index in [1.54, 1.807) is 7.11 Å². The van der Waals surface area contributed by atoms with Gasteiger partial charge in [0.2, 0.25) is 0 Å². The molecule has 1 aromatic rings. The zero-order valence-electron chi connectivity index (χ0n) is 13.8. The fourth-order valence-corrected chi connectivity index (χ4v) is 3.24. The van der Waals surface area contributed by atoms with Crippen LogP contribution in [0.25, 0.3) is 0 Å². The Morgan fingerprint density at radius 2 is 2.00 bits per heavy atom. The molecule has 22 heavy (non-hydrogen) atoms. The predicted octanol–water partition coefficient (Wildman–Crippen LogP) is 2.95. The Morgan fingerprint density at radius 3 is 2.59 bits per heavy atom. The highest BCUT2D eigenvalue weighted by molar-refractivity contribution is 5.51. The Labute approximate surface area is 132 Å². The number of ether oxygens (including phenoxy) is 3. The molecule has 1 aromatic heterocycles. The Kier molecular flexibility index (Phi) is 4.54. The van der Waals surface area contributed by atoms with Crippen LogP contribution in [-0.2, 0) is 9.47 Å². The molecule has 0 amide bonds. The van der Waals surface area contributed by atoms with Gasteiger partial charge in [-0.15, -0.1) is 0 Å². The molecule has 122 valence electrons. The summed E-state index contributed by atoms with van der Waals surface area (Å²) in [5, 5.41) is 0. The number of anilines is 1. The number of methoxy groups -OCH3 is 1. The second-order valence-corrected chi connectivity index (χ2v) is 6.18. The van der Waals surface area contributed by atoms with Gasteiger partial charge in [-0.3, -0.25) is 4.98 Å². The van der Waals surface area contributed by atoms with Crippen LogP contribution in [-0.4, -0.2) is 44.2 Å². The maximum atomic E-state index is 5.79. The van der Waals surface area contributed by atoms with E-state index in [9.17, 15) is 0 Å². The van der Waals surface area contributed by atoms with Crippen molar-refractivity contribution in [2.45, 2.75) is 44.8 Å². The Bertz CT molecular complexity index is 505. The van der Waals surface area contributed by atoms with Gasteiger partial charge in [0.25, 0.3) is 0 Å². The third kappa shape index (κ3) is 2.92. The van der Waals surface area contributed by atoms with Gasteiger partial charge in [0.15, 0.2) is 5.79 Å². The lowest BCUT2D eigenvalue weighted by molar-refractivity contribution is -0.169. The monoisotopic (exact) mass is 306 g/mol. The maximum absolute atomic E-state index is 5.79. The van der Waals surface area contributed by atoms with Gasteiger partial charge in [0.05, 0.1) is 37.9 Å². The summed E-state index contributed by atoms with van der Waals surface area (Å²) in [6.45, 7) is 7.65. The fraction of sp³-hybridized carbons (Fsp3) is 0.706. The van der Waals surface area contributed by atoms with E-state index < -0.39 is 0 Å². The predicted molar refractivity (Wildman–Crippen MR) is 85.6 cm³/mol. The normalized spacial score (nSPS) is 22.0. The summed E-state index contributed by atoms with van der Waals surface area (Å²) in [6.07, 6.45) is 4.84. The highest BCUT2D eigenvalue weighted by Gasteiger charge is 2.39. The Morgan fingerprint density at radius 1 is 1.32 bits per heavy atom. The summed E-state index contributed by atoms with van der Waals surface area (Å²) in [7, 11) is 1.72. The zero-order valence-corrected chi connectivity index (χ0v) is 13.8. The van der Waals surface area contributed by atoms with Crippen molar-refractivity contribution in [3.63, 3.8) is 0 Å². The van der Waals surface area contributed by atoms with Crippen molar-refractivity contribution in [2.75, 3.05) is 38.3 Å². The van der Waals surface area contributed by atoms with Gasteiger partial charge < -0.3 is 19.1 Å². The molecule has 0 N–H and O–H groups in total. The smallest absolute Gasteiger partial charge is 0.171 e. The number of piperidine rings is 1. The van der Waals surface area contributed by atoms with Crippen LogP contribution < -0.4 is 9.64 Å². The minimum Gasteiger partial charge on any atom is -0.495 e. The molecule has 3 rings (SSSR count). The average molecular weight is 306 g/mol. The van der Waals surface area contributed by atoms with Crippen molar-refractivity contribution >= 4 is 5.69 Å². The zero-order chi connectivity index (χ0) is 15.6. The molecule has 3 heterocycles. The highest BCUT2D eigenvalue weighted by Crippen LogP contribution is 2.35. The van der Waals surface area contributed by atoms with E-state index in [4.69, 9.17) is 14.2 Å². The lowest BCUT2D eigenvalue weighted by Gasteiger charge is -2.38. The van der Waals surface area contributed by atoms with Crippen molar-refractivity contribution < 1.29 is 14.2 Å². The molecule has 2 aliphatic rings. The quantitative estimate of drug-likeness (QED) is 0.855. The molecular weight excluding hydrogens is 280 g/mol. The van der Waals surface area contributed by atoms with E-state index in [2.05, 4.69) is 29.8 Å². The molecule has 2 saturated heterocycles. The van der Waals surface area contributed by atoms with Crippen LogP contribution >= 0.6 is 0 Å². The molecule has 1 atom stereocenters. The van der Waals surface area contributed by atoms with Gasteiger partial charge in [0.1, 0.15) is 5.75 Å². The maximum Gasteiger partial charge on any atom is 0.171 e. The lowest BCUT2D eigenvalue weighted by Crippen LogP contribution is -2.45. The second-order valence-electron chi connectivity index (χ2n) is 6.18. The molecule has 0 radical (unpaired) electrons. The molecule has 2 fully saturated rings. The van der Waals surface area contributed by atoms with Crippen molar-refractivity contribution in [3.05, 3.63) is 18.0 Å². The minimum absolute atomic E-state index is 0.329. The van der Waals surface area contributed by atoms with Gasteiger partial charge in [-0.25, -0.2) is 0 Å². The fourth-order valence-electron chi connectivity index (χ4n) is 3.24. The summed E-state index contributed by atoms with van der Waals surface area (Å²) in [6, 6.07) is 2.11. The molecule has 1 spiro atoms. The standard InChI is InChI=1S/C17H26N2O3/c1-4-13(2)16-15(20-3)11-14(12-18-16)19-7-5-17(6-8-19)21-9-10-22-17/h11-13H,4-10H2,1-3H3. The number of hydrogen-bond donors (Lipinski definition) is 0. The molecule has 2 aliphatic heterocycles. The number of nitrogens with zero attached hydrogens (tertiary/aromatic N) is 2. The molecule has 0 saturated carbocycles. The number of pyridine rings is 1. The summed E-state index contributed by atoms with van der Waals surface area (Å²) in [4.78, 5) is 6.99. The largest absolute Gasteiger partial charge is 0.495 e. The minimum atomic E-state index is -0.329. The van der Waals surface area contributed by atoms with Crippen molar-refractivity contribution in [2.24, 2.45) is 0 Å². The first kappa shape index (κ1) is 15.6. The third-order valence-electron chi connectivity index (χ3n) is 4.87. The van der Waals surface area contributed by atoms with Gasteiger partial charge in [-0.05, 0) is 6.42 Å². The third-order valence-corrected chi connectivity index (χ3v) is 4.87. The van der Waals surface area contributed by atoms with Gasteiger partial charge in [-0.2, -0.15) is 0 Å². The number of aromatic nitrogens is 1. The second kappa shape index (κ2) is 6.42. The summed E-state index contributed by atoms with van der Waals surface area (Å²) >= 11 is 0. The van der Waals surface area contributed by atoms with Crippen LogP contribution in [0.2, 0.25) is 0 Å². The molecule has 5 nitrogen and oxygen atoms in total. The van der Waals surface area contributed by atoms with Crippen molar-refractivity contribution in [1.82, 2.24) is 4.98 Å². The molecule has 1 unspecified atom stereocenters. The first-order chi connectivity index (χ1) is 10.7. The van der Waals surface area contributed by atoms with E-state index in [1.165, 1.54) is 0 Å². The molecule has 0 aromatic carbocycles. The van der Waals surface area contributed by atoms with Gasteiger partial charge in [0, 0.05) is 37.9 Å². The van der Waals surface area contributed by atoms with E-state index in [0.29, 0.717) is 5.92 Å².